The summed E-state index contributed by atoms with van der Waals surface area (Å²) >= 11 is 7.06. The Balaban J connectivity index is 1.75. The molecule has 1 aromatic carbocycles. The van der Waals surface area contributed by atoms with Crippen LogP contribution >= 0.6 is 22.9 Å². The third-order valence-electron chi connectivity index (χ3n) is 4.72. The molecule has 0 fully saturated rings. The molecule has 13 heteroatoms. The second-order valence-corrected chi connectivity index (χ2v) is 9.14. The van der Waals surface area contributed by atoms with Gasteiger partial charge in [-0.1, -0.05) is 31.5 Å². The van der Waals surface area contributed by atoms with E-state index in [2.05, 4.69) is 20.6 Å². The van der Waals surface area contributed by atoms with E-state index < -0.39 is 35.5 Å². The standard InChI is InChI=1S/C22H19ClF4N4O3S/c1-10(2)6-15(20(33)34)29-18-14(23)7-11(8-28-18)19(32)31-21-30-16(9-35-21)12-4-3-5-13(17(12)24)22(25,26)27/h3-5,7-10,15H,6H2,1-2H3,(H,28,29)(H,33,34)(H,30,31,32). The van der Waals surface area contributed by atoms with Gasteiger partial charge in [-0.25, -0.2) is 19.2 Å². The number of halogens is 5. The predicted octanol–water partition coefficient (Wildman–Crippen LogP) is 6.18. The SMILES string of the molecule is CC(C)CC(Nc1ncc(C(=O)Nc2nc(-c3cccc(C(F)(F)F)c3F)cs2)cc1Cl)C(=O)O. The third-order valence-corrected chi connectivity index (χ3v) is 5.77. The molecule has 7 nitrogen and oxygen atoms in total. The summed E-state index contributed by atoms with van der Waals surface area (Å²) in [7, 11) is 0. The molecule has 0 spiro atoms. The topological polar surface area (TPSA) is 104 Å². The Hall–Kier alpha value is -3.25. The number of carbonyl (C=O) groups excluding carboxylic acids is 1. The van der Waals surface area contributed by atoms with Crippen LogP contribution in [0.3, 0.4) is 0 Å². The van der Waals surface area contributed by atoms with E-state index in [1.165, 1.54) is 17.6 Å². The fraction of sp³-hybridized carbons (Fsp3) is 0.273. The van der Waals surface area contributed by atoms with E-state index in [1.54, 1.807) is 0 Å². The van der Waals surface area contributed by atoms with Crippen molar-refractivity contribution in [2.45, 2.75) is 32.5 Å². The first-order valence-electron chi connectivity index (χ1n) is 10.1. The summed E-state index contributed by atoms with van der Waals surface area (Å²) in [6, 6.07) is 3.21. The van der Waals surface area contributed by atoms with Crippen molar-refractivity contribution in [2.75, 3.05) is 10.6 Å². The van der Waals surface area contributed by atoms with Crippen molar-refractivity contribution in [3.63, 3.8) is 0 Å². The first-order valence-corrected chi connectivity index (χ1v) is 11.4. The lowest BCUT2D eigenvalue weighted by Gasteiger charge is -2.18. The molecular weight excluding hydrogens is 512 g/mol. The number of hydrogen-bond acceptors (Lipinski definition) is 6. The van der Waals surface area contributed by atoms with Crippen LogP contribution in [0.1, 0.15) is 36.2 Å². The fourth-order valence-corrected chi connectivity index (χ4v) is 4.03. The normalized spacial score (nSPS) is 12.5. The number of rotatable bonds is 8. The molecule has 0 aliphatic rings. The van der Waals surface area contributed by atoms with Crippen LogP contribution in [0.2, 0.25) is 5.02 Å². The zero-order valence-electron chi connectivity index (χ0n) is 18.3. The van der Waals surface area contributed by atoms with Crippen LogP contribution < -0.4 is 10.6 Å². The molecule has 0 saturated carbocycles. The van der Waals surface area contributed by atoms with Gasteiger partial charge in [0.2, 0.25) is 0 Å². The number of hydrogen-bond donors (Lipinski definition) is 3. The molecule has 0 aliphatic carbocycles. The predicted molar refractivity (Wildman–Crippen MR) is 124 cm³/mol. The minimum atomic E-state index is -4.86. The Labute approximate surface area is 206 Å². The second kappa shape index (κ2) is 10.6. The molecule has 3 rings (SSSR count). The van der Waals surface area contributed by atoms with Crippen molar-refractivity contribution >= 4 is 45.8 Å². The first kappa shape index (κ1) is 26.4. The van der Waals surface area contributed by atoms with Crippen molar-refractivity contribution < 1.29 is 32.3 Å². The number of carboxylic acids is 1. The Morgan fingerprint density at radius 2 is 1.97 bits per heavy atom. The molecule has 2 aromatic heterocycles. The van der Waals surface area contributed by atoms with Gasteiger partial charge in [-0.05, 0) is 30.5 Å². The first-order chi connectivity index (χ1) is 16.4. The Kier molecular flexibility index (Phi) is 7.96. The molecular formula is C22H19ClF4N4O3S. The Morgan fingerprint density at radius 1 is 1.26 bits per heavy atom. The lowest BCUT2D eigenvalue weighted by molar-refractivity contribution is -0.140. The minimum Gasteiger partial charge on any atom is -0.480 e. The van der Waals surface area contributed by atoms with Crippen molar-refractivity contribution in [2.24, 2.45) is 5.92 Å². The summed E-state index contributed by atoms with van der Waals surface area (Å²) in [6.45, 7) is 3.73. The number of thiazole rings is 1. The van der Waals surface area contributed by atoms with E-state index in [9.17, 15) is 32.3 Å². The van der Waals surface area contributed by atoms with Crippen molar-refractivity contribution in [3.8, 4) is 11.3 Å². The maximum absolute atomic E-state index is 14.4. The highest BCUT2D eigenvalue weighted by atomic mass is 35.5. The molecule has 186 valence electrons. The molecule has 1 atom stereocenters. The Morgan fingerprint density at radius 3 is 2.57 bits per heavy atom. The summed E-state index contributed by atoms with van der Waals surface area (Å²) in [5.74, 6) is -3.02. The average molecular weight is 531 g/mol. The van der Waals surface area contributed by atoms with Gasteiger partial charge < -0.3 is 10.4 Å². The monoisotopic (exact) mass is 530 g/mol. The quantitative estimate of drug-likeness (QED) is 0.300. The van der Waals surface area contributed by atoms with Crippen LogP contribution in [0.25, 0.3) is 11.3 Å². The van der Waals surface area contributed by atoms with Crippen LogP contribution in [0.15, 0.2) is 35.8 Å². The molecule has 3 N–H and O–H groups in total. The molecule has 3 aromatic rings. The lowest BCUT2D eigenvalue weighted by Crippen LogP contribution is -2.31. The summed E-state index contributed by atoms with van der Waals surface area (Å²) in [4.78, 5) is 32.0. The van der Waals surface area contributed by atoms with Gasteiger partial charge in [0, 0.05) is 17.1 Å². The maximum Gasteiger partial charge on any atom is 0.419 e. The van der Waals surface area contributed by atoms with E-state index in [-0.39, 0.29) is 38.7 Å². The highest BCUT2D eigenvalue weighted by Crippen LogP contribution is 2.36. The number of carboxylic acid groups (broad SMARTS) is 1. The zero-order valence-corrected chi connectivity index (χ0v) is 19.9. The number of amides is 1. The van der Waals surface area contributed by atoms with Crippen LogP contribution in [-0.4, -0.2) is 33.0 Å². The minimum absolute atomic E-state index is 0.0125. The number of nitrogens with zero attached hydrogens (tertiary/aromatic N) is 2. The van der Waals surface area contributed by atoms with Crippen LogP contribution in [-0.2, 0) is 11.0 Å². The molecule has 1 unspecified atom stereocenters. The summed E-state index contributed by atoms with van der Waals surface area (Å²) in [5, 5.41) is 15.9. The van der Waals surface area contributed by atoms with Gasteiger partial charge in [0.1, 0.15) is 17.7 Å². The van der Waals surface area contributed by atoms with Gasteiger partial charge >= 0.3 is 12.1 Å². The number of aliphatic carboxylic acids is 1. The summed E-state index contributed by atoms with van der Waals surface area (Å²) in [6.07, 6.45) is -3.35. The van der Waals surface area contributed by atoms with Gasteiger partial charge in [0.15, 0.2) is 5.13 Å². The number of nitrogens with one attached hydrogen (secondary N) is 2. The van der Waals surface area contributed by atoms with Crippen molar-refractivity contribution in [3.05, 3.63) is 57.8 Å². The summed E-state index contributed by atoms with van der Waals surface area (Å²) < 4.78 is 53.3. The van der Waals surface area contributed by atoms with Crippen molar-refractivity contribution in [1.29, 1.82) is 0 Å². The lowest BCUT2D eigenvalue weighted by atomic mass is 10.0. The van der Waals surface area contributed by atoms with E-state index >= 15 is 0 Å². The van der Waals surface area contributed by atoms with Gasteiger partial charge in [-0.15, -0.1) is 11.3 Å². The van der Waals surface area contributed by atoms with Gasteiger partial charge in [-0.2, -0.15) is 13.2 Å². The fourth-order valence-electron chi connectivity index (χ4n) is 3.10. The number of anilines is 2. The smallest absolute Gasteiger partial charge is 0.419 e. The van der Waals surface area contributed by atoms with Crippen LogP contribution in [0, 0.1) is 11.7 Å². The van der Waals surface area contributed by atoms with Gasteiger partial charge in [0.05, 0.1) is 21.8 Å². The highest BCUT2D eigenvalue weighted by Gasteiger charge is 2.35. The average Bonchev–Trinajstić information content (AvgIpc) is 3.21. The molecule has 0 bridgehead atoms. The molecule has 2 heterocycles. The Bertz CT molecular complexity index is 1250. The molecule has 35 heavy (non-hydrogen) atoms. The molecule has 0 aliphatic heterocycles. The molecule has 0 saturated heterocycles. The maximum atomic E-state index is 14.4. The van der Waals surface area contributed by atoms with Crippen LogP contribution in [0.5, 0.6) is 0 Å². The van der Waals surface area contributed by atoms with Gasteiger partial charge in [-0.3, -0.25) is 10.1 Å². The zero-order chi connectivity index (χ0) is 25.9. The van der Waals surface area contributed by atoms with Crippen LogP contribution in [0.4, 0.5) is 28.5 Å². The highest BCUT2D eigenvalue weighted by molar-refractivity contribution is 7.14. The third kappa shape index (κ3) is 6.45. The van der Waals surface area contributed by atoms with E-state index in [0.717, 1.165) is 23.5 Å². The molecule has 1 amide bonds. The number of alkyl halides is 3. The number of carbonyl (C=O) groups is 2. The second-order valence-electron chi connectivity index (χ2n) is 7.88. The number of pyridine rings is 1. The largest absolute Gasteiger partial charge is 0.480 e. The number of aromatic nitrogens is 2. The molecule has 0 radical (unpaired) electrons. The van der Waals surface area contributed by atoms with Gasteiger partial charge in [0.25, 0.3) is 5.91 Å². The van der Waals surface area contributed by atoms with E-state index in [1.807, 2.05) is 13.8 Å². The number of benzene rings is 1. The van der Waals surface area contributed by atoms with Crippen molar-refractivity contribution in [1.82, 2.24) is 9.97 Å². The van der Waals surface area contributed by atoms with E-state index in [0.29, 0.717) is 12.5 Å². The summed E-state index contributed by atoms with van der Waals surface area (Å²) in [5.41, 5.74) is -1.82. The van der Waals surface area contributed by atoms with E-state index in [4.69, 9.17) is 11.6 Å².